The van der Waals surface area contributed by atoms with Crippen molar-refractivity contribution in [3.05, 3.63) is 18.6 Å². The van der Waals surface area contributed by atoms with Crippen LogP contribution < -0.4 is 4.90 Å². The Morgan fingerprint density at radius 1 is 1.20 bits per heavy atom. The molecule has 1 aliphatic heterocycles. The van der Waals surface area contributed by atoms with Gasteiger partial charge in [-0.15, -0.1) is 11.8 Å². The van der Waals surface area contributed by atoms with Crippen molar-refractivity contribution in [1.82, 2.24) is 14.9 Å². The van der Waals surface area contributed by atoms with Crippen molar-refractivity contribution in [2.45, 2.75) is 0 Å². The van der Waals surface area contributed by atoms with E-state index in [1.807, 2.05) is 0 Å². The number of rotatable bonds is 5. The van der Waals surface area contributed by atoms with Gasteiger partial charge in [0.2, 0.25) is 5.91 Å². The van der Waals surface area contributed by atoms with Crippen molar-refractivity contribution in [2.75, 3.05) is 42.6 Å². The second kappa shape index (κ2) is 7.09. The van der Waals surface area contributed by atoms with Crippen molar-refractivity contribution in [1.29, 1.82) is 0 Å². The van der Waals surface area contributed by atoms with Gasteiger partial charge in [-0.05, 0) is 0 Å². The lowest BCUT2D eigenvalue weighted by Gasteiger charge is -2.35. The van der Waals surface area contributed by atoms with Gasteiger partial charge in [-0.25, -0.2) is 4.98 Å². The molecule has 0 bridgehead atoms. The number of carboxylic acids is 1. The van der Waals surface area contributed by atoms with E-state index in [0.717, 1.165) is 17.6 Å². The minimum absolute atomic E-state index is 0.00459. The Bertz CT molecular complexity index is 463. The Balaban J connectivity index is 1.76. The maximum absolute atomic E-state index is 11.9. The Labute approximate surface area is 121 Å². The fraction of sp³-hybridized carbons (Fsp3) is 0.500. The second-order valence-corrected chi connectivity index (χ2v) is 5.30. The monoisotopic (exact) mass is 296 g/mol. The van der Waals surface area contributed by atoms with Crippen LogP contribution in [0.25, 0.3) is 0 Å². The Hall–Kier alpha value is -1.83. The molecular formula is C12H16N4O3S. The highest BCUT2D eigenvalue weighted by molar-refractivity contribution is 8.00. The molecule has 1 saturated heterocycles. The van der Waals surface area contributed by atoms with Crippen LogP contribution in [0.1, 0.15) is 0 Å². The quantitative estimate of drug-likeness (QED) is 0.814. The molecule has 20 heavy (non-hydrogen) atoms. The Morgan fingerprint density at radius 3 is 2.55 bits per heavy atom. The first kappa shape index (κ1) is 14.6. The standard InChI is InChI=1S/C12H16N4O3S/c17-11(8-20-9-12(18)19)16-5-3-15(4-6-16)10-7-13-1-2-14-10/h1-2,7H,3-6,8-9H2,(H,18,19). The highest BCUT2D eigenvalue weighted by Gasteiger charge is 2.21. The summed E-state index contributed by atoms with van der Waals surface area (Å²) in [7, 11) is 0. The molecular weight excluding hydrogens is 280 g/mol. The number of thioether (sulfide) groups is 1. The average molecular weight is 296 g/mol. The van der Waals surface area contributed by atoms with Gasteiger partial charge in [-0.3, -0.25) is 14.6 Å². The van der Waals surface area contributed by atoms with Crippen LogP contribution in [0.3, 0.4) is 0 Å². The van der Waals surface area contributed by atoms with Crippen LogP contribution in [0.4, 0.5) is 5.82 Å². The molecule has 0 saturated carbocycles. The van der Waals surface area contributed by atoms with Gasteiger partial charge in [0.05, 0.1) is 17.7 Å². The molecule has 2 rings (SSSR count). The third-order valence-corrected chi connectivity index (χ3v) is 3.86. The number of aromatic nitrogens is 2. The molecule has 7 nitrogen and oxygen atoms in total. The van der Waals surface area contributed by atoms with E-state index in [4.69, 9.17) is 5.11 Å². The lowest BCUT2D eigenvalue weighted by atomic mass is 10.3. The van der Waals surface area contributed by atoms with Crippen molar-refractivity contribution in [3.63, 3.8) is 0 Å². The molecule has 0 spiro atoms. The molecule has 0 aromatic carbocycles. The van der Waals surface area contributed by atoms with E-state index in [9.17, 15) is 9.59 Å². The molecule has 0 atom stereocenters. The molecule has 1 fully saturated rings. The first-order valence-electron chi connectivity index (χ1n) is 6.25. The number of anilines is 1. The summed E-state index contributed by atoms with van der Waals surface area (Å²) in [4.78, 5) is 34.4. The largest absolute Gasteiger partial charge is 0.481 e. The van der Waals surface area contributed by atoms with Gasteiger partial charge in [0.1, 0.15) is 5.82 Å². The molecule has 1 aromatic rings. The van der Waals surface area contributed by atoms with Gasteiger partial charge in [-0.2, -0.15) is 0 Å². The smallest absolute Gasteiger partial charge is 0.313 e. The van der Waals surface area contributed by atoms with Crippen LogP contribution in [0, 0.1) is 0 Å². The van der Waals surface area contributed by atoms with E-state index in [1.54, 1.807) is 23.5 Å². The zero-order valence-electron chi connectivity index (χ0n) is 10.9. The third kappa shape index (κ3) is 4.09. The van der Waals surface area contributed by atoms with Gasteiger partial charge in [0, 0.05) is 38.6 Å². The summed E-state index contributed by atoms with van der Waals surface area (Å²) >= 11 is 1.13. The number of aliphatic carboxylic acids is 1. The van der Waals surface area contributed by atoms with E-state index in [-0.39, 0.29) is 17.4 Å². The van der Waals surface area contributed by atoms with Gasteiger partial charge in [-0.1, -0.05) is 0 Å². The maximum Gasteiger partial charge on any atom is 0.313 e. The zero-order valence-corrected chi connectivity index (χ0v) is 11.8. The van der Waals surface area contributed by atoms with Crippen LogP contribution in [0.15, 0.2) is 18.6 Å². The second-order valence-electron chi connectivity index (χ2n) is 4.32. The summed E-state index contributed by atoms with van der Waals surface area (Å²) in [5, 5.41) is 8.53. The summed E-state index contributed by atoms with van der Waals surface area (Å²) in [5.41, 5.74) is 0. The molecule has 8 heteroatoms. The number of amides is 1. The number of carbonyl (C=O) groups is 2. The van der Waals surface area contributed by atoms with Gasteiger partial charge in [0.15, 0.2) is 0 Å². The lowest BCUT2D eigenvalue weighted by molar-refractivity contribution is -0.133. The summed E-state index contributed by atoms with van der Waals surface area (Å²) in [5.74, 6) is 0.105. The van der Waals surface area contributed by atoms with E-state index < -0.39 is 5.97 Å². The van der Waals surface area contributed by atoms with Crippen LogP contribution in [-0.2, 0) is 9.59 Å². The molecule has 1 aromatic heterocycles. The molecule has 1 aliphatic rings. The number of piperazine rings is 1. The van der Waals surface area contributed by atoms with Crippen molar-refractivity contribution in [2.24, 2.45) is 0 Å². The number of nitrogens with zero attached hydrogens (tertiary/aromatic N) is 4. The van der Waals surface area contributed by atoms with E-state index in [1.165, 1.54) is 0 Å². The molecule has 1 N–H and O–H groups in total. The Kier molecular flexibility index (Phi) is 5.16. The SMILES string of the molecule is O=C(O)CSCC(=O)N1CCN(c2cnccn2)CC1. The molecule has 0 radical (unpaired) electrons. The number of hydrogen-bond donors (Lipinski definition) is 1. The topological polar surface area (TPSA) is 86.6 Å². The number of carboxylic acid groups (broad SMARTS) is 1. The summed E-state index contributed by atoms with van der Waals surface area (Å²) < 4.78 is 0. The molecule has 0 aliphatic carbocycles. The van der Waals surface area contributed by atoms with Gasteiger partial charge in [0.25, 0.3) is 0 Å². The average Bonchev–Trinajstić information content (AvgIpc) is 2.48. The fourth-order valence-electron chi connectivity index (χ4n) is 1.96. The fourth-order valence-corrected chi connectivity index (χ4v) is 2.59. The van der Waals surface area contributed by atoms with Crippen molar-refractivity contribution >= 4 is 29.5 Å². The van der Waals surface area contributed by atoms with Crippen LogP contribution in [0.5, 0.6) is 0 Å². The van der Waals surface area contributed by atoms with Gasteiger partial charge < -0.3 is 14.9 Å². The number of carbonyl (C=O) groups excluding carboxylic acids is 1. The van der Waals surface area contributed by atoms with Gasteiger partial charge >= 0.3 is 5.97 Å². The van der Waals surface area contributed by atoms with E-state index in [2.05, 4.69) is 14.9 Å². The van der Waals surface area contributed by atoms with Crippen molar-refractivity contribution in [3.8, 4) is 0 Å². The normalized spacial score (nSPS) is 15.2. The summed E-state index contributed by atoms with van der Waals surface area (Å²) in [6, 6.07) is 0. The predicted molar refractivity (Wildman–Crippen MR) is 75.8 cm³/mol. The third-order valence-electron chi connectivity index (χ3n) is 2.96. The first-order chi connectivity index (χ1) is 9.66. The highest BCUT2D eigenvalue weighted by atomic mass is 32.2. The zero-order chi connectivity index (χ0) is 14.4. The van der Waals surface area contributed by atoms with E-state index in [0.29, 0.717) is 26.2 Å². The van der Waals surface area contributed by atoms with Crippen LogP contribution >= 0.6 is 11.8 Å². The summed E-state index contributed by atoms with van der Waals surface area (Å²) in [6.07, 6.45) is 4.98. The number of hydrogen-bond acceptors (Lipinski definition) is 6. The summed E-state index contributed by atoms with van der Waals surface area (Å²) in [6.45, 7) is 2.69. The van der Waals surface area contributed by atoms with Crippen LogP contribution in [-0.4, -0.2) is 69.5 Å². The predicted octanol–water partition coefficient (Wildman–Crippen LogP) is -0.0570. The van der Waals surface area contributed by atoms with Crippen molar-refractivity contribution < 1.29 is 14.7 Å². The minimum atomic E-state index is -0.893. The van der Waals surface area contributed by atoms with E-state index >= 15 is 0 Å². The highest BCUT2D eigenvalue weighted by Crippen LogP contribution is 2.12. The first-order valence-corrected chi connectivity index (χ1v) is 7.40. The Morgan fingerprint density at radius 2 is 1.95 bits per heavy atom. The lowest BCUT2D eigenvalue weighted by Crippen LogP contribution is -2.49. The molecule has 1 amide bonds. The maximum atomic E-state index is 11.9. The molecule has 2 heterocycles. The molecule has 0 unspecified atom stereocenters. The minimum Gasteiger partial charge on any atom is -0.481 e. The molecule has 108 valence electrons. The van der Waals surface area contributed by atoms with Crippen LogP contribution in [0.2, 0.25) is 0 Å².